The van der Waals surface area contributed by atoms with Crippen molar-refractivity contribution in [2.45, 2.75) is 6.54 Å². The molecule has 0 saturated carbocycles. The first-order valence-corrected chi connectivity index (χ1v) is 10.7. The third-order valence-corrected chi connectivity index (χ3v) is 5.95. The van der Waals surface area contributed by atoms with E-state index in [1.807, 2.05) is 53.2 Å². The molecule has 0 unspecified atom stereocenters. The van der Waals surface area contributed by atoms with Gasteiger partial charge in [-0.15, -0.1) is 11.3 Å². The molecule has 3 aromatic heterocycles. The Labute approximate surface area is 181 Å². The number of aromatic nitrogens is 3. The van der Waals surface area contributed by atoms with Gasteiger partial charge in [0, 0.05) is 29.7 Å². The molecule has 3 heterocycles. The molecule has 0 spiro atoms. The molecule has 0 atom stereocenters. The predicted octanol–water partition coefficient (Wildman–Crippen LogP) is 5.79. The summed E-state index contributed by atoms with van der Waals surface area (Å²) >= 11 is 8.19. The summed E-state index contributed by atoms with van der Waals surface area (Å²) in [5.74, 6) is 2.05. The van der Waals surface area contributed by atoms with Gasteiger partial charge in [-0.2, -0.15) is 0 Å². The molecule has 3 N–H and O–H groups in total. The molecule has 0 aliphatic heterocycles. The van der Waals surface area contributed by atoms with Crippen molar-refractivity contribution < 1.29 is 4.74 Å². The van der Waals surface area contributed by atoms with E-state index in [2.05, 4.69) is 26.7 Å². The van der Waals surface area contributed by atoms with Crippen LogP contribution in [0.2, 0.25) is 5.02 Å². The highest BCUT2D eigenvalue weighted by molar-refractivity contribution is 7.17. The molecule has 0 aliphatic carbocycles. The maximum atomic E-state index is 6.50. The number of nitrogens with one attached hydrogen (secondary N) is 1. The average molecular weight is 436 g/mol. The number of nitrogens with two attached hydrogens (primary N) is 1. The number of anilines is 2. The van der Waals surface area contributed by atoms with E-state index in [4.69, 9.17) is 22.1 Å². The molecule has 0 radical (unpaired) electrons. The smallest absolute Gasteiger partial charge is 0.158 e. The molecule has 0 saturated heterocycles. The quantitative estimate of drug-likeness (QED) is 0.352. The van der Waals surface area contributed by atoms with Gasteiger partial charge in [0.15, 0.2) is 5.82 Å². The first-order valence-electron chi connectivity index (χ1n) is 9.43. The summed E-state index contributed by atoms with van der Waals surface area (Å²) in [5.41, 5.74) is 8.30. The number of halogens is 1. The molecule has 5 aromatic rings. The summed E-state index contributed by atoms with van der Waals surface area (Å²) in [6, 6.07) is 15.6. The van der Waals surface area contributed by atoms with E-state index in [1.165, 1.54) is 16.4 Å². The maximum absolute atomic E-state index is 6.50. The van der Waals surface area contributed by atoms with Gasteiger partial charge in [0.25, 0.3) is 0 Å². The van der Waals surface area contributed by atoms with E-state index >= 15 is 0 Å². The molecule has 0 amide bonds. The van der Waals surface area contributed by atoms with Gasteiger partial charge in [0.05, 0.1) is 10.5 Å². The largest absolute Gasteiger partial charge is 0.456 e. The number of thiophene rings is 1. The lowest BCUT2D eigenvalue weighted by molar-refractivity contribution is 0.484. The van der Waals surface area contributed by atoms with Crippen LogP contribution in [0.1, 0.15) is 0 Å². The SMILES string of the molecule is NCCn1ccc2ncnc(Nc3ccc(Oc4ccc5ccsc5c4)c(Cl)c3)c21. The van der Waals surface area contributed by atoms with Crippen LogP contribution in [-0.2, 0) is 6.54 Å². The topological polar surface area (TPSA) is 78.0 Å². The molecule has 30 heavy (non-hydrogen) atoms. The third-order valence-electron chi connectivity index (χ3n) is 4.77. The van der Waals surface area contributed by atoms with Crippen molar-refractivity contribution in [3.63, 3.8) is 0 Å². The Hall–Kier alpha value is -3.13. The number of benzene rings is 2. The van der Waals surface area contributed by atoms with Gasteiger partial charge in [0.2, 0.25) is 0 Å². The van der Waals surface area contributed by atoms with E-state index in [-0.39, 0.29) is 0 Å². The van der Waals surface area contributed by atoms with Crippen LogP contribution >= 0.6 is 22.9 Å². The normalized spacial score (nSPS) is 11.3. The van der Waals surface area contributed by atoms with Gasteiger partial charge in [-0.25, -0.2) is 9.97 Å². The van der Waals surface area contributed by atoms with Crippen LogP contribution < -0.4 is 15.8 Å². The molecule has 5 rings (SSSR count). The second-order valence-electron chi connectivity index (χ2n) is 6.75. The highest BCUT2D eigenvalue weighted by Crippen LogP contribution is 2.35. The fraction of sp³-hybridized carbons (Fsp3) is 0.0909. The summed E-state index contributed by atoms with van der Waals surface area (Å²) in [4.78, 5) is 8.73. The zero-order valence-corrected chi connectivity index (χ0v) is 17.5. The van der Waals surface area contributed by atoms with Gasteiger partial charge < -0.3 is 20.4 Å². The lowest BCUT2D eigenvalue weighted by Gasteiger charge is -2.12. The van der Waals surface area contributed by atoms with Crippen molar-refractivity contribution in [3.05, 3.63) is 71.5 Å². The molecule has 0 fully saturated rings. The fourth-order valence-corrected chi connectivity index (χ4v) is 4.41. The van der Waals surface area contributed by atoms with Crippen LogP contribution in [-0.4, -0.2) is 21.1 Å². The molecular formula is C22H18ClN5OS. The minimum absolute atomic E-state index is 0.508. The molecule has 0 aliphatic rings. The van der Waals surface area contributed by atoms with Crippen LogP contribution in [0, 0.1) is 0 Å². The number of rotatable bonds is 6. The predicted molar refractivity (Wildman–Crippen MR) is 123 cm³/mol. The van der Waals surface area contributed by atoms with Crippen molar-refractivity contribution in [2.24, 2.45) is 5.73 Å². The maximum Gasteiger partial charge on any atom is 0.158 e. The van der Waals surface area contributed by atoms with Crippen LogP contribution in [0.3, 0.4) is 0 Å². The first-order chi connectivity index (χ1) is 14.7. The molecule has 2 aromatic carbocycles. The van der Waals surface area contributed by atoms with Crippen molar-refractivity contribution in [3.8, 4) is 11.5 Å². The molecular weight excluding hydrogens is 418 g/mol. The lowest BCUT2D eigenvalue weighted by atomic mass is 10.2. The van der Waals surface area contributed by atoms with Gasteiger partial charge >= 0.3 is 0 Å². The summed E-state index contributed by atoms with van der Waals surface area (Å²) in [6.45, 7) is 1.22. The van der Waals surface area contributed by atoms with Gasteiger partial charge in [-0.05, 0) is 59.3 Å². The standard InChI is InChI=1S/C22H18ClN5OS/c23-17-11-15(27-22-21-18(25-13-26-22)5-8-28(21)9-7-24)2-4-19(17)29-16-3-1-14-6-10-30-20(14)12-16/h1-6,8,10-13H,7,9,24H2,(H,25,26,27). The Morgan fingerprint density at radius 2 is 2.03 bits per heavy atom. The van der Waals surface area contributed by atoms with Crippen LogP contribution in [0.4, 0.5) is 11.5 Å². The zero-order chi connectivity index (χ0) is 20.5. The Morgan fingerprint density at radius 3 is 2.90 bits per heavy atom. The second-order valence-corrected chi connectivity index (χ2v) is 8.10. The van der Waals surface area contributed by atoms with E-state index in [1.54, 1.807) is 11.3 Å². The molecule has 0 bridgehead atoms. The van der Waals surface area contributed by atoms with Crippen molar-refractivity contribution in [2.75, 3.05) is 11.9 Å². The Morgan fingerprint density at radius 1 is 1.10 bits per heavy atom. The molecule has 6 nitrogen and oxygen atoms in total. The van der Waals surface area contributed by atoms with Crippen LogP contribution in [0.15, 0.2) is 66.4 Å². The van der Waals surface area contributed by atoms with Crippen LogP contribution in [0.25, 0.3) is 21.1 Å². The number of nitrogens with zero attached hydrogens (tertiary/aromatic N) is 3. The minimum atomic E-state index is 0.508. The van der Waals surface area contributed by atoms with Crippen LogP contribution in [0.5, 0.6) is 11.5 Å². The Kier molecular flexibility index (Phi) is 5.00. The molecule has 8 heteroatoms. The number of hydrogen-bond donors (Lipinski definition) is 2. The summed E-state index contributed by atoms with van der Waals surface area (Å²) < 4.78 is 9.22. The highest BCUT2D eigenvalue weighted by Gasteiger charge is 2.11. The van der Waals surface area contributed by atoms with Gasteiger partial charge in [-0.1, -0.05) is 11.6 Å². The zero-order valence-electron chi connectivity index (χ0n) is 15.9. The van der Waals surface area contributed by atoms with E-state index in [0.29, 0.717) is 29.7 Å². The third kappa shape index (κ3) is 3.59. The second kappa shape index (κ2) is 7.95. The monoisotopic (exact) mass is 435 g/mol. The number of fused-ring (bicyclic) bond motifs is 2. The Balaban J connectivity index is 1.41. The first kappa shape index (κ1) is 18.9. The average Bonchev–Trinajstić information content (AvgIpc) is 3.38. The van der Waals surface area contributed by atoms with E-state index in [0.717, 1.165) is 22.5 Å². The number of hydrogen-bond acceptors (Lipinski definition) is 6. The summed E-state index contributed by atoms with van der Waals surface area (Å²) in [7, 11) is 0. The number of ether oxygens (including phenoxy) is 1. The van der Waals surface area contributed by atoms with Crippen molar-refractivity contribution in [1.29, 1.82) is 0 Å². The minimum Gasteiger partial charge on any atom is -0.456 e. The fourth-order valence-electron chi connectivity index (χ4n) is 3.37. The van der Waals surface area contributed by atoms with E-state index in [9.17, 15) is 0 Å². The lowest BCUT2D eigenvalue weighted by Crippen LogP contribution is -2.10. The Bertz CT molecular complexity index is 1350. The summed E-state index contributed by atoms with van der Waals surface area (Å²) in [5, 5.41) is 7.11. The molecule has 150 valence electrons. The van der Waals surface area contributed by atoms with E-state index < -0.39 is 0 Å². The summed E-state index contributed by atoms with van der Waals surface area (Å²) in [6.07, 6.45) is 3.50. The highest BCUT2D eigenvalue weighted by atomic mass is 35.5. The van der Waals surface area contributed by atoms with Crippen molar-refractivity contribution in [1.82, 2.24) is 14.5 Å². The van der Waals surface area contributed by atoms with Crippen molar-refractivity contribution >= 4 is 55.6 Å². The van der Waals surface area contributed by atoms with Gasteiger partial charge in [-0.3, -0.25) is 0 Å². The van der Waals surface area contributed by atoms with Gasteiger partial charge in [0.1, 0.15) is 23.3 Å².